The molecule has 0 bridgehead atoms. The number of benzene rings is 1. The van der Waals surface area contributed by atoms with E-state index in [2.05, 4.69) is 11.0 Å². The predicted octanol–water partition coefficient (Wildman–Crippen LogP) is 2.99. The van der Waals surface area contributed by atoms with Gasteiger partial charge >= 0.3 is 0 Å². The molecule has 0 saturated carbocycles. The molecule has 1 atom stereocenters. The molecule has 2 rings (SSSR count). The van der Waals surface area contributed by atoms with Crippen LogP contribution in [0.25, 0.3) is 0 Å². The smallest absolute Gasteiger partial charge is 0.182 e. The van der Waals surface area contributed by atoms with Crippen LogP contribution in [0.3, 0.4) is 0 Å². The van der Waals surface area contributed by atoms with Gasteiger partial charge in [0.05, 0.1) is 24.8 Å². The minimum atomic E-state index is -0.639. The largest absolute Gasteiger partial charge is 0.379 e. The topological polar surface area (TPSA) is 53.3 Å². The maximum atomic E-state index is 13.1. The Hall–Kier alpha value is -1.35. The second kappa shape index (κ2) is 7.77. The first-order valence-electron chi connectivity index (χ1n) is 7.50. The van der Waals surface area contributed by atoms with E-state index in [1.54, 1.807) is 11.8 Å². The number of Topliss-reactive ketones (excluding diaryl/α,β-unsaturated/α-hetero) is 1. The molecule has 1 aliphatic rings. The van der Waals surface area contributed by atoms with Crippen molar-refractivity contribution in [2.75, 3.05) is 32.6 Å². The van der Waals surface area contributed by atoms with Gasteiger partial charge in [0.1, 0.15) is 0 Å². The normalized spacial score (nSPS) is 18.4. The summed E-state index contributed by atoms with van der Waals surface area (Å²) in [4.78, 5) is 16.4. The van der Waals surface area contributed by atoms with Crippen molar-refractivity contribution in [3.63, 3.8) is 0 Å². The summed E-state index contributed by atoms with van der Waals surface area (Å²) in [6.07, 6.45) is 2.94. The molecule has 4 nitrogen and oxygen atoms in total. The zero-order chi connectivity index (χ0) is 16.0. The number of hydrogen-bond acceptors (Lipinski definition) is 5. The van der Waals surface area contributed by atoms with Gasteiger partial charge in [-0.3, -0.25) is 9.69 Å². The van der Waals surface area contributed by atoms with Gasteiger partial charge in [-0.15, -0.1) is 11.8 Å². The highest BCUT2D eigenvalue weighted by Crippen LogP contribution is 2.28. The highest BCUT2D eigenvalue weighted by atomic mass is 32.2. The number of rotatable bonds is 6. The van der Waals surface area contributed by atoms with Crippen molar-refractivity contribution in [2.45, 2.75) is 30.2 Å². The van der Waals surface area contributed by atoms with Gasteiger partial charge in [-0.1, -0.05) is 12.1 Å². The molecule has 1 fully saturated rings. The van der Waals surface area contributed by atoms with Gasteiger partial charge in [-0.25, -0.2) is 0 Å². The van der Waals surface area contributed by atoms with Crippen LogP contribution in [0.4, 0.5) is 0 Å². The summed E-state index contributed by atoms with van der Waals surface area (Å²) >= 11 is 1.66. The van der Waals surface area contributed by atoms with E-state index < -0.39 is 5.54 Å². The number of carbonyl (C=O) groups excluding carboxylic acids is 1. The van der Waals surface area contributed by atoms with Crippen LogP contribution >= 0.6 is 11.8 Å². The van der Waals surface area contributed by atoms with Crippen molar-refractivity contribution in [1.29, 1.82) is 5.26 Å². The maximum absolute atomic E-state index is 13.1. The van der Waals surface area contributed by atoms with Crippen molar-refractivity contribution in [3.8, 4) is 6.07 Å². The Labute approximate surface area is 136 Å². The summed E-state index contributed by atoms with van der Waals surface area (Å²) < 4.78 is 5.39. The lowest BCUT2D eigenvalue weighted by molar-refractivity contribution is -0.0116. The molecule has 1 heterocycles. The third kappa shape index (κ3) is 3.70. The molecule has 0 aliphatic carbocycles. The average molecular weight is 318 g/mol. The number of nitrogens with zero attached hydrogens (tertiary/aromatic N) is 2. The third-order valence-corrected chi connectivity index (χ3v) is 5.02. The Morgan fingerprint density at radius 1 is 1.36 bits per heavy atom. The Balaban J connectivity index is 2.26. The van der Waals surface area contributed by atoms with Gasteiger partial charge in [-0.2, -0.15) is 5.26 Å². The molecular formula is C17H22N2O2S. The van der Waals surface area contributed by atoms with E-state index in [-0.39, 0.29) is 5.78 Å². The summed E-state index contributed by atoms with van der Waals surface area (Å²) in [5.41, 5.74) is 0.0742. The fraction of sp³-hybridized carbons (Fsp3) is 0.529. The third-order valence-electron chi connectivity index (χ3n) is 4.27. The second-order valence-corrected chi connectivity index (χ2v) is 6.47. The van der Waals surface area contributed by atoms with E-state index in [0.29, 0.717) is 31.6 Å². The van der Waals surface area contributed by atoms with Crippen molar-refractivity contribution >= 4 is 17.5 Å². The molecule has 1 aliphatic heterocycles. The Morgan fingerprint density at radius 2 is 2.00 bits per heavy atom. The predicted molar refractivity (Wildman–Crippen MR) is 88.2 cm³/mol. The van der Waals surface area contributed by atoms with Crippen LogP contribution < -0.4 is 0 Å². The zero-order valence-electron chi connectivity index (χ0n) is 13.2. The molecule has 0 radical (unpaired) electrons. The van der Waals surface area contributed by atoms with Crippen molar-refractivity contribution in [3.05, 3.63) is 29.8 Å². The SMILES string of the molecule is CSc1ccc(C(=O)C(C)(CCC#N)N2CCOCC2)cc1. The number of ether oxygens (including phenoxy) is 1. The van der Waals surface area contributed by atoms with Crippen LogP contribution in [-0.2, 0) is 4.74 Å². The Kier molecular flexibility index (Phi) is 6.01. The molecule has 0 N–H and O–H groups in total. The monoisotopic (exact) mass is 318 g/mol. The van der Waals surface area contributed by atoms with Crippen LogP contribution in [0.2, 0.25) is 0 Å². The van der Waals surface area contributed by atoms with E-state index in [4.69, 9.17) is 10.00 Å². The molecule has 22 heavy (non-hydrogen) atoms. The number of thioether (sulfide) groups is 1. The van der Waals surface area contributed by atoms with Crippen LogP contribution in [0.15, 0.2) is 29.2 Å². The number of ketones is 1. The van der Waals surface area contributed by atoms with E-state index in [1.165, 1.54) is 0 Å². The Morgan fingerprint density at radius 3 is 2.55 bits per heavy atom. The molecule has 1 saturated heterocycles. The first-order chi connectivity index (χ1) is 10.6. The van der Waals surface area contributed by atoms with Gasteiger partial charge in [-0.05, 0) is 31.7 Å². The molecule has 0 aromatic heterocycles. The lowest BCUT2D eigenvalue weighted by Gasteiger charge is -2.42. The average Bonchev–Trinajstić information content (AvgIpc) is 2.60. The summed E-state index contributed by atoms with van der Waals surface area (Å²) in [6.45, 7) is 4.70. The number of morpholine rings is 1. The fourth-order valence-corrected chi connectivity index (χ4v) is 3.23. The zero-order valence-corrected chi connectivity index (χ0v) is 14.0. The minimum Gasteiger partial charge on any atom is -0.379 e. The lowest BCUT2D eigenvalue weighted by atomic mass is 9.85. The van der Waals surface area contributed by atoms with Gasteiger partial charge in [0.15, 0.2) is 5.78 Å². The summed E-state index contributed by atoms with van der Waals surface area (Å²) in [5.74, 6) is 0.0947. The summed E-state index contributed by atoms with van der Waals surface area (Å²) in [6, 6.07) is 9.90. The molecule has 1 unspecified atom stereocenters. The van der Waals surface area contributed by atoms with Crippen LogP contribution in [0.5, 0.6) is 0 Å². The van der Waals surface area contributed by atoms with Gasteiger partial charge in [0.2, 0.25) is 0 Å². The molecule has 1 aromatic rings. The summed E-state index contributed by atoms with van der Waals surface area (Å²) in [7, 11) is 0. The fourth-order valence-electron chi connectivity index (χ4n) is 2.82. The minimum absolute atomic E-state index is 0.0947. The second-order valence-electron chi connectivity index (χ2n) is 5.59. The molecule has 0 spiro atoms. The molecule has 0 amide bonds. The number of nitriles is 1. The molecule has 5 heteroatoms. The highest BCUT2D eigenvalue weighted by molar-refractivity contribution is 7.98. The first kappa shape index (κ1) is 17.0. The van der Waals surface area contributed by atoms with Crippen LogP contribution in [0.1, 0.15) is 30.1 Å². The molecule has 1 aromatic carbocycles. The van der Waals surface area contributed by atoms with E-state index >= 15 is 0 Å². The standard InChI is InChI=1S/C17H22N2O2S/c1-17(8-3-9-18,19-10-12-21-13-11-19)16(20)14-4-6-15(22-2)7-5-14/h4-7H,3,8,10-13H2,1-2H3. The maximum Gasteiger partial charge on any atom is 0.182 e. The van der Waals surface area contributed by atoms with Gasteiger partial charge in [0, 0.05) is 30.0 Å². The van der Waals surface area contributed by atoms with Crippen LogP contribution in [0, 0.1) is 11.3 Å². The van der Waals surface area contributed by atoms with Crippen molar-refractivity contribution in [1.82, 2.24) is 4.90 Å². The van der Waals surface area contributed by atoms with Crippen molar-refractivity contribution < 1.29 is 9.53 Å². The van der Waals surface area contributed by atoms with Gasteiger partial charge < -0.3 is 4.74 Å². The molecular weight excluding hydrogens is 296 g/mol. The highest BCUT2D eigenvalue weighted by Gasteiger charge is 2.39. The van der Waals surface area contributed by atoms with Crippen LogP contribution in [-0.4, -0.2) is 48.8 Å². The van der Waals surface area contributed by atoms with E-state index in [9.17, 15) is 4.79 Å². The number of carbonyl (C=O) groups is 1. The Bertz CT molecular complexity index is 547. The molecule has 118 valence electrons. The lowest BCUT2D eigenvalue weighted by Crippen LogP contribution is -2.56. The van der Waals surface area contributed by atoms with Crippen molar-refractivity contribution in [2.24, 2.45) is 0 Å². The number of hydrogen-bond donors (Lipinski definition) is 0. The van der Waals surface area contributed by atoms with Gasteiger partial charge in [0.25, 0.3) is 0 Å². The van der Waals surface area contributed by atoms with E-state index in [1.807, 2.05) is 37.4 Å². The summed E-state index contributed by atoms with van der Waals surface area (Å²) in [5, 5.41) is 8.94. The van der Waals surface area contributed by atoms with E-state index in [0.717, 1.165) is 18.0 Å². The first-order valence-corrected chi connectivity index (χ1v) is 8.73. The quantitative estimate of drug-likeness (QED) is 0.596.